The van der Waals surface area contributed by atoms with Crippen LogP contribution in [-0.4, -0.2) is 64.5 Å². The molecule has 8 heteroatoms. The average molecular weight is 342 g/mol. The summed E-state index contributed by atoms with van der Waals surface area (Å²) in [5.74, 6) is 1.02. The summed E-state index contributed by atoms with van der Waals surface area (Å²) in [5.41, 5.74) is 1.73. The highest BCUT2D eigenvalue weighted by molar-refractivity contribution is 5.90. The SMILES string of the molecule is CN(C)c1ncc2c(n1)C1(CCN(C(=O)c3ncc[nH]3)CC1)OCC2. The Labute approximate surface area is 146 Å². The number of carbonyl (C=O) groups is 1. The minimum atomic E-state index is -0.415. The van der Waals surface area contributed by atoms with Crippen LogP contribution in [0.15, 0.2) is 18.6 Å². The van der Waals surface area contributed by atoms with E-state index in [1.54, 1.807) is 12.4 Å². The Balaban J connectivity index is 1.57. The van der Waals surface area contributed by atoms with Crippen molar-refractivity contribution in [3.63, 3.8) is 0 Å². The zero-order valence-electron chi connectivity index (χ0n) is 14.5. The van der Waals surface area contributed by atoms with Gasteiger partial charge in [0.25, 0.3) is 5.91 Å². The molecule has 8 nitrogen and oxygen atoms in total. The molecule has 4 heterocycles. The minimum Gasteiger partial charge on any atom is -0.368 e. The third kappa shape index (κ3) is 2.76. The number of amides is 1. The third-order valence-electron chi connectivity index (χ3n) is 4.99. The van der Waals surface area contributed by atoms with E-state index in [1.807, 2.05) is 30.1 Å². The number of aromatic amines is 1. The lowest BCUT2D eigenvalue weighted by Crippen LogP contribution is -2.49. The summed E-state index contributed by atoms with van der Waals surface area (Å²) in [6.07, 6.45) is 7.48. The Morgan fingerprint density at radius 3 is 2.80 bits per heavy atom. The van der Waals surface area contributed by atoms with Crippen molar-refractivity contribution in [2.75, 3.05) is 38.7 Å². The van der Waals surface area contributed by atoms with Gasteiger partial charge in [-0.1, -0.05) is 0 Å². The van der Waals surface area contributed by atoms with Crippen LogP contribution in [0.25, 0.3) is 0 Å². The molecule has 0 aliphatic carbocycles. The number of aromatic nitrogens is 4. The van der Waals surface area contributed by atoms with Crippen molar-refractivity contribution in [3.05, 3.63) is 35.7 Å². The smallest absolute Gasteiger partial charge is 0.289 e. The number of hydrogen-bond acceptors (Lipinski definition) is 6. The van der Waals surface area contributed by atoms with Gasteiger partial charge < -0.3 is 19.5 Å². The molecular formula is C17H22N6O2. The molecule has 1 spiro atoms. The largest absolute Gasteiger partial charge is 0.368 e. The number of H-pyrrole nitrogens is 1. The van der Waals surface area contributed by atoms with Gasteiger partial charge in [-0.3, -0.25) is 4.79 Å². The van der Waals surface area contributed by atoms with Gasteiger partial charge in [-0.05, 0) is 24.8 Å². The fourth-order valence-corrected chi connectivity index (χ4v) is 3.60. The van der Waals surface area contributed by atoms with Gasteiger partial charge in [0.05, 0.1) is 12.3 Å². The molecule has 0 unspecified atom stereocenters. The van der Waals surface area contributed by atoms with E-state index in [0.29, 0.717) is 31.5 Å². The maximum atomic E-state index is 12.5. The van der Waals surface area contributed by atoms with E-state index in [4.69, 9.17) is 9.72 Å². The Kier molecular flexibility index (Phi) is 3.91. The Hall–Kier alpha value is -2.48. The first-order valence-electron chi connectivity index (χ1n) is 8.55. The average Bonchev–Trinajstić information content (AvgIpc) is 3.16. The molecule has 2 aliphatic heterocycles. The molecule has 0 saturated carbocycles. The van der Waals surface area contributed by atoms with E-state index < -0.39 is 5.60 Å². The molecule has 2 aromatic heterocycles. The second kappa shape index (κ2) is 6.11. The molecule has 1 fully saturated rings. The number of piperidine rings is 1. The second-order valence-corrected chi connectivity index (χ2v) is 6.76. The molecule has 2 aliphatic rings. The summed E-state index contributed by atoms with van der Waals surface area (Å²) in [6, 6.07) is 0. The number of hydrogen-bond donors (Lipinski definition) is 1. The molecule has 1 N–H and O–H groups in total. The fourth-order valence-electron chi connectivity index (χ4n) is 3.60. The lowest BCUT2D eigenvalue weighted by atomic mass is 9.83. The molecule has 1 saturated heterocycles. The molecule has 2 aromatic rings. The van der Waals surface area contributed by atoms with Crippen LogP contribution in [0.1, 0.15) is 34.7 Å². The highest BCUT2D eigenvalue weighted by Crippen LogP contribution is 2.40. The summed E-state index contributed by atoms with van der Waals surface area (Å²) in [6.45, 7) is 1.92. The van der Waals surface area contributed by atoms with Crippen LogP contribution < -0.4 is 4.90 Å². The van der Waals surface area contributed by atoms with Crippen molar-refractivity contribution >= 4 is 11.9 Å². The predicted octanol–water partition coefficient (Wildman–Crippen LogP) is 0.970. The molecule has 132 valence electrons. The summed E-state index contributed by atoms with van der Waals surface area (Å²) in [5, 5.41) is 0. The standard InChI is InChI=1S/C17H22N6O2/c1-22(2)16-20-11-12-3-10-25-17(13(12)21-16)4-8-23(9-5-17)15(24)14-18-6-7-19-14/h6-7,11H,3-5,8-10H2,1-2H3,(H,18,19). The van der Waals surface area contributed by atoms with Gasteiger partial charge in [0.2, 0.25) is 5.95 Å². The summed E-state index contributed by atoms with van der Waals surface area (Å²) in [4.78, 5) is 32.4. The number of rotatable bonds is 2. The van der Waals surface area contributed by atoms with Crippen LogP contribution in [0.5, 0.6) is 0 Å². The Morgan fingerprint density at radius 1 is 1.32 bits per heavy atom. The van der Waals surface area contributed by atoms with E-state index >= 15 is 0 Å². The van der Waals surface area contributed by atoms with Gasteiger partial charge >= 0.3 is 0 Å². The van der Waals surface area contributed by atoms with Gasteiger partial charge in [-0.25, -0.2) is 15.0 Å². The number of nitrogens with zero attached hydrogens (tertiary/aromatic N) is 5. The van der Waals surface area contributed by atoms with Crippen LogP contribution in [0.3, 0.4) is 0 Å². The number of anilines is 1. The van der Waals surface area contributed by atoms with Crippen LogP contribution in [-0.2, 0) is 16.8 Å². The van der Waals surface area contributed by atoms with E-state index in [2.05, 4.69) is 15.0 Å². The number of fused-ring (bicyclic) bond motifs is 2. The zero-order valence-corrected chi connectivity index (χ0v) is 14.5. The van der Waals surface area contributed by atoms with Crippen molar-refractivity contribution in [2.45, 2.75) is 24.9 Å². The van der Waals surface area contributed by atoms with Gasteiger partial charge in [0.1, 0.15) is 5.60 Å². The molecule has 4 rings (SSSR count). The maximum absolute atomic E-state index is 12.5. The Morgan fingerprint density at radius 2 is 2.12 bits per heavy atom. The molecule has 0 radical (unpaired) electrons. The molecule has 0 atom stereocenters. The second-order valence-electron chi connectivity index (χ2n) is 6.76. The van der Waals surface area contributed by atoms with Gasteiger partial charge in [0.15, 0.2) is 5.82 Å². The lowest BCUT2D eigenvalue weighted by Gasteiger charge is -2.44. The molecule has 1 amide bonds. The summed E-state index contributed by atoms with van der Waals surface area (Å²) < 4.78 is 6.22. The van der Waals surface area contributed by atoms with Crippen LogP contribution >= 0.6 is 0 Å². The van der Waals surface area contributed by atoms with E-state index in [0.717, 1.165) is 30.5 Å². The van der Waals surface area contributed by atoms with E-state index in [9.17, 15) is 4.79 Å². The summed E-state index contributed by atoms with van der Waals surface area (Å²) >= 11 is 0. The maximum Gasteiger partial charge on any atom is 0.289 e. The van der Waals surface area contributed by atoms with Crippen molar-refractivity contribution in [3.8, 4) is 0 Å². The first kappa shape index (κ1) is 16.0. The highest BCUT2D eigenvalue weighted by Gasteiger charge is 2.43. The number of likely N-dealkylation sites (tertiary alicyclic amines) is 1. The van der Waals surface area contributed by atoms with Gasteiger partial charge in [-0.15, -0.1) is 0 Å². The fraction of sp³-hybridized carbons (Fsp3) is 0.529. The number of ether oxygens (including phenoxy) is 1. The van der Waals surface area contributed by atoms with Gasteiger partial charge in [0, 0.05) is 45.8 Å². The van der Waals surface area contributed by atoms with Crippen molar-refractivity contribution in [1.29, 1.82) is 0 Å². The monoisotopic (exact) mass is 342 g/mol. The number of nitrogens with one attached hydrogen (secondary N) is 1. The first-order chi connectivity index (χ1) is 12.1. The highest BCUT2D eigenvalue weighted by atomic mass is 16.5. The zero-order chi connectivity index (χ0) is 17.4. The quantitative estimate of drug-likeness (QED) is 0.875. The molecular weight excluding hydrogens is 320 g/mol. The number of carbonyl (C=O) groups excluding carboxylic acids is 1. The van der Waals surface area contributed by atoms with Crippen molar-refractivity contribution < 1.29 is 9.53 Å². The molecule has 0 bridgehead atoms. The van der Waals surface area contributed by atoms with Crippen molar-refractivity contribution in [1.82, 2.24) is 24.8 Å². The van der Waals surface area contributed by atoms with Crippen LogP contribution in [0, 0.1) is 0 Å². The molecule has 25 heavy (non-hydrogen) atoms. The third-order valence-corrected chi connectivity index (χ3v) is 4.99. The van der Waals surface area contributed by atoms with E-state index in [1.165, 1.54) is 0 Å². The molecule has 0 aromatic carbocycles. The first-order valence-corrected chi connectivity index (χ1v) is 8.55. The number of imidazole rings is 1. The lowest BCUT2D eigenvalue weighted by molar-refractivity contribution is -0.0967. The van der Waals surface area contributed by atoms with Crippen LogP contribution in [0.4, 0.5) is 5.95 Å². The normalized spacial score (nSPS) is 18.9. The van der Waals surface area contributed by atoms with Crippen molar-refractivity contribution in [2.24, 2.45) is 0 Å². The summed E-state index contributed by atoms with van der Waals surface area (Å²) in [7, 11) is 3.87. The van der Waals surface area contributed by atoms with E-state index in [-0.39, 0.29) is 5.91 Å². The van der Waals surface area contributed by atoms with Gasteiger partial charge in [-0.2, -0.15) is 0 Å². The topological polar surface area (TPSA) is 87.2 Å². The predicted molar refractivity (Wildman–Crippen MR) is 91.4 cm³/mol. The minimum absolute atomic E-state index is 0.0625. The van der Waals surface area contributed by atoms with Crippen LogP contribution in [0.2, 0.25) is 0 Å². The Bertz CT molecular complexity index is 765.